The second-order valence-electron chi connectivity index (χ2n) is 6.78. The van der Waals surface area contributed by atoms with Crippen LogP contribution >= 0.6 is 31.9 Å². The van der Waals surface area contributed by atoms with Crippen molar-refractivity contribution in [2.24, 2.45) is 11.3 Å². The molecule has 1 N–H and O–H groups in total. The predicted molar refractivity (Wildman–Crippen MR) is 86.1 cm³/mol. The molecule has 0 spiro atoms. The van der Waals surface area contributed by atoms with Crippen molar-refractivity contribution in [1.29, 1.82) is 0 Å². The molecule has 0 bridgehead atoms. The number of halogens is 2. The Balaban J connectivity index is 2.38. The molecule has 110 valence electrons. The van der Waals surface area contributed by atoms with E-state index in [1.54, 1.807) is 0 Å². The molecule has 1 saturated carbocycles. The van der Waals surface area contributed by atoms with Crippen molar-refractivity contribution in [3.8, 4) is 0 Å². The number of rotatable bonds is 1. The van der Waals surface area contributed by atoms with Crippen LogP contribution in [-0.2, 0) is 4.74 Å². The third kappa shape index (κ3) is 2.70. The molecule has 0 aromatic heterocycles. The smallest absolute Gasteiger partial charge is 0.0911 e. The summed E-state index contributed by atoms with van der Waals surface area (Å²) in [4.78, 5) is 0.475. The van der Waals surface area contributed by atoms with Crippen molar-refractivity contribution in [2.45, 2.75) is 62.7 Å². The highest BCUT2D eigenvalue weighted by atomic mass is 79.9. The fraction of sp³-hybridized carbons (Fsp3) is 0.867. The van der Waals surface area contributed by atoms with Gasteiger partial charge in [0, 0.05) is 10.2 Å². The summed E-state index contributed by atoms with van der Waals surface area (Å²) in [7, 11) is 0. The maximum Gasteiger partial charge on any atom is 0.0911 e. The molecule has 2 nitrogen and oxygen atoms in total. The van der Waals surface area contributed by atoms with Gasteiger partial charge < -0.3 is 9.84 Å². The summed E-state index contributed by atoms with van der Waals surface area (Å²) in [6.45, 7) is 10.8. The van der Waals surface area contributed by atoms with E-state index in [2.05, 4.69) is 59.2 Å². The molecule has 5 atom stereocenters. The summed E-state index contributed by atoms with van der Waals surface area (Å²) in [6.07, 6.45) is 2.32. The van der Waals surface area contributed by atoms with Crippen molar-refractivity contribution in [1.82, 2.24) is 0 Å². The molecule has 1 aliphatic heterocycles. The largest absolute Gasteiger partial charge is 0.389 e. The average molecular weight is 396 g/mol. The lowest BCUT2D eigenvalue weighted by Gasteiger charge is -2.52. The first kappa shape index (κ1) is 16.0. The minimum atomic E-state index is -0.466. The first-order valence-electron chi connectivity index (χ1n) is 6.97. The van der Waals surface area contributed by atoms with E-state index in [4.69, 9.17) is 4.74 Å². The summed E-state index contributed by atoms with van der Waals surface area (Å²) < 4.78 is 6.39. The molecule has 0 radical (unpaired) electrons. The Bertz CT molecular complexity index is 369. The Hall–Kier alpha value is 0.620. The van der Waals surface area contributed by atoms with Crippen molar-refractivity contribution < 1.29 is 9.84 Å². The van der Waals surface area contributed by atoms with E-state index in [9.17, 15) is 5.11 Å². The van der Waals surface area contributed by atoms with Gasteiger partial charge in [0.1, 0.15) is 0 Å². The van der Waals surface area contributed by atoms with E-state index in [1.165, 1.54) is 0 Å². The Morgan fingerprint density at radius 3 is 2.63 bits per heavy atom. The number of fused-ring (bicyclic) bond motifs is 1. The monoisotopic (exact) mass is 394 g/mol. The van der Waals surface area contributed by atoms with Crippen LogP contribution in [-0.4, -0.2) is 33.1 Å². The highest BCUT2D eigenvalue weighted by Gasteiger charge is 2.54. The van der Waals surface area contributed by atoms with E-state index in [-0.39, 0.29) is 17.1 Å². The standard InChI is InChI=1S/C15H24Br2O2/c1-9-10(18)7-12-14(2,3)13(17)5-6-15(12,4)19-11(9)8-16/h10-13,18H,1,5-8H2,2-4H3/t10-,11+,12+,13+,15+/m1/s1. The summed E-state index contributed by atoms with van der Waals surface area (Å²) in [5.41, 5.74) is 0.747. The Morgan fingerprint density at radius 2 is 2.05 bits per heavy atom. The van der Waals surface area contributed by atoms with Crippen LogP contribution < -0.4 is 0 Å². The fourth-order valence-electron chi connectivity index (χ4n) is 3.78. The molecule has 1 heterocycles. The summed E-state index contributed by atoms with van der Waals surface area (Å²) in [5, 5.41) is 11.1. The number of hydrogen-bond donors (Lipinski definition) is 1. The van der Waals surface area contributed by atoms with Gasteiger partial charge in [-0.05, 0) is 43.1 Å². The molecule has 19 heavy (non-hydrogen) atoms. The highest BCUT2D eigenvalue weighted by Crippen LogP contribution is 2.54. The summed E-state index contributed by atoms with van der Waals surface area (Å²) in [6, 6.07) is 0. The highest BCUT2D eigenvalue weighted by molar-refractivity contribution is 9.09. The van der Waals surface area contributed by atoms with Crippen LogP contribution in [0.4, 0.5) is 0 Å². The van der Waals surface area contributed by atoms with Crippen LogP contribution in [0, 0.1) is 11.3 Å². The first-order chi connectivity index (χ1) is 8.72. The third-order valence-electron chi connectivity index (χ3n) is 5.19. The number of aliphatic hydroxyl groups excluding tert-OH is 1. The quantitative estimate of drug-likeness (QED) is 0.536. The van der Waals surface area contributed by atoms with Gasteiger partial charge in [-0.1, -0.05) is 52.3 Å². The molecule has 0 unspecified atom stereocenters. The molecular formula is C15H24Br2O2. The topological polar surface area (TPSA) is 29.5 Å². The minimum Gasteiger partial charge on any atom is -0.389 e. The summed E-state index contributed by atoms with van der Waals surface area (Å²) >= 11 is 7.31. The van der Waals surface area contributed by atoms with Gasteiger partial charge in [0.05, 0.1) is 17.8 Å². The zero-order valence-electron chi connectivity index (χ0n) is 12.0. The lowest BCUT2D eigenvalue weighted by atomic mass is 9.60. The van der Waals surface area contributed by atoms with E-state index >= 15 is 0 Å². The van der Waals surface area contributed by atoms with Gasteiger partial charge in [0.2, 0.25) is 0 Å². The predicted octanol–water partition coefficient (Wildman–Crippen LogP) is 4.05. The molecule has 0 aromatic carbocycles. The van der Waals surface area contributed by atoms with Crippen molar-refractivity contribution in [3.63, 3.8) is 0 Å². The van der Waals surface area contributed by atoms with Crippen molar-refractivity contribution >= 4 is 31.9 Å². The lowest BCUT2D eigenvalue weighted by molar-refractivity contribution is -0.142. The van der Waals surface area contributed by atoms with Crippen LogP contribution in [0.5, 0.6) is 0 Å². The molecule has 1 aliphatic carbocycles. The number of hydrogen-bond acceptors (Lipinski definition) is 2. The first-order valence-corrected chi connectivity index (χ1v) is 9.00. The van der Waals surface area contributed by atoms with Gasteiger partial charge >= 0.3 is 0 Å². The number of alkyl halides is 2. The average Bonchev–Trinajstić information content (AvgIpc) is 2.45. The van der Waals surface area contributed by atoms with Crippen LogP contribution in [0.1, 0.15) is 40.0 Å². The van der Waals surface area contributed by atoms with Crippen LogP contribution in [0.25, 0.3) is 0 Å². The van der Waals surface area contributed by atoms with Crippen LogP contribution in [0.2, 0.25) is 0 Å². The van der Waals surface area contributed by atoms with Gasteiger partial charge in [-0.15, -0.1) is 0 Å². The Labute approximate surface area is 133 Å². The second-order valence-corrected chi connectivity index (χ2v) is 8.53. The Morgan fingerprint density at radius 1 is 1.42 bits per heavy atom. The zero-order valence-corrected chi connectivity index (χ0v) is 15.1. The van der Waals surface area contributed by atoms with Crippen molar-refractivity contribution in [2.75, 3.05) is 5.33 Å². The zero-order chi connectivity index (χ0) is 14.4. The van der Waals surface area contributed by atoms with Gasteiger partial charge in [-0.2, -0.15) is 0 Å². The SMILES string of the molecule is C=C1[C@H](O)C[C@H]2C(C)(C)[C@@H](Br)CC[C@]2(C)O[C@H]1CBr. The van der Waals surface area contributed by atoms with E-state index in [0.29, 0.717) is 16.1 Å². The maximum atomic E-state index is 10.4. The van der Waals surface area contributed by atoms with E-state index in [1.807, 2.05) is 0 Å². The van der Waals surface area contributed by atoms with Gasteiger partial charge in [-0.25, -0.2) is 0 Å². The van der Waals surface area contributed by atoms with Crippen molar-refractivity contribution in [3.05, 3.63) is 12.2 Å². The fourth-order valence-corrected chi connectivity index (χ4v) is 4.88. The maximum absolute atomic E-state index is 10.4. The molecule has 0 aromatic rings. The van der Waals surface area contributed by atoms with Gasteiger partial charge in [-0.3, -0.25) is 0 Å². The van der Waals surface area contributed by atoms with Gasteiger partial charge in [0.15, 0.2) is 0 Å². The minimum absolute atomic E-state index is 0.0901. The molecular weight excluding hydrogens is 372 g/mol. The third-order valence-corrected chi connectivity index (χ3v) is 7.41. The summed E-state index contributed by atoms with van der Waals surface area (Å²) in [5.74, 6) is 0.328. The van der Waals surface area contributed by atoms with Gasteiger partial charge in [0.25, 0.3) is 0 Å². The second kappa shape index (κ2) is 5.43. The van der Waals surface area contributed by atoms with Crippen LogP contribution in [0.15, 0.2) is 12.2 Å². The molecule has 2 aliphatic rings. The van der Waals surface area contributed by atoms with E-state index in [0.717, 1.165) is 24.8 Å². The normalized spacial score (nSPS) is 46.5. The molecule has 2 fully saturated rings. The molecule has 2 rings (SSSR count). The lowest BCUT2D eigenvalue weighted by Crippen LogP contribution is -2.53. The molecule has 4 heteroatoms. The van der Waals surface area contributed by atoms with Crippen LogP contribution in [0.3, 0.4) is 0 Å². The molecule has 0 amide bonds. The Kier molecular flexibility index (Phi) is 4.57. The molecule has 1 saturated heterocycles. The number of ether oxygens (including phenoxy) is 1. The number of aliphatic hydroxyl groups is 1. The van der Waals surface area contributed by atoms with E-state index < -0.39 is 6.10 Å².